The van der Waals surface area contributed by atoms with Crippen molar-refractivity contribution in [1.82, 2.24) is 20.3 Å². The lowest BCUT2D eigenvalue weighted by molar-refractivity contribution is -0.122. The van der Waals surface area contributed by atoms with Gasteiger partial charge in [-0.05, 0) is 36.8 Å². The summed E-state index contributed by atoms with van der Waals surface area (Å²) in [5, 5.41) is 11.0. The Morgan fingerprint density at radius 2 is 1.95 bits per heavy atom. The lowest BCUT2D eigenvalue weighted by Crippen LogP contribution is -2.30. The molecule has 5 nitrogen and oxygen atoms in total. The molecule has 0 saturated heterocycles. The number of rotatable bonds is 4. The molecule has 1 atom stereocenters. The van der Waals surface area contributed by atoms with Gasteiger partial charge in [0.05, 0.1) is 11.6 Å². The largest absolute Gasteiger partial charge is 0.348 e. The van der Waals surface area contributed by atoms with Gasteiger partial charge in [0, 0.05) is 4.47 Å². The molecule has 2 aromatic carbocycles. The third-order valence-electron chi connectivity index (χ3n) is 3.46. The van der Waals surface area contributed by atoms with Crippen LogP contribution in [0.3, 0.4) is 0 Å². The number of nitrogens with zero attached hydrogens (tertiary/aromatic N) is 3. The van der Waals surface area contributed by atoms with Gasteiger partial charge in [-0.2, -0.15) is 0 Å². The molecule has 0 bridgehead atoms. The van der Waals surface area contributed by atoms with E-state index in [1.54, 1.807) is 4.68 Å². The smallest absolute Gasteiger partial charge is 0.242 e. The van der Waals surface area contributed by atoms with E-state index in [1.165, 1.54) is 0 Å². The van der Waals surface area contributed by atoms with Gasteiger partial charge in [0.15, 0.2) is 0 Å². The molecule has 0 saturated carbocycles. The molecule has 0 spiro atoms. The molecule has 0 aliphatic carbocycles. The van der Waals surface area contributed by atoms with E-state index in [9.17, 15) is 4.79 Å². The molecule has 1 amide bonds. The number of nitrogens with one attached hydrogen (secondary N) is 1. The lowest BCUT2D eigenvalue weighted by Gasteiger charge is -2.14. The second kappa shape index (κ2) is 6.27. The topological polar surface area (TPSA) is 59.8 Å². The van der Waals surface area contributed by atoms with Crippen molar-refractivity contribution in [2.45, 2.75) is 19.5 Å². The van der Waals surface area contributed by atoms with Crippen molar-refractivity contribution in [1.29, 1.82) is 0 Å². The number of carbonyl (C=O) groups excluding carboxylic acids is 1. The quantitative estimate of drug-likeness (QED) is 0.779. The van der Waals surface area contributed by atoms with Crippen LogP contribution in [0.2, 0.25) is 0 Å². The molecule has 1 N–H and O–H groups in total. The first kappa shape index (κ1) is 14.7. The second-order valence-electron chi connectivity index (χ2n) is 5.08. The summed E-state index contributed by atoms with van der Waals surface area (Å²) in [4.78, 5) is 12.2. The summed E-state index contributed by atoms with van der Waals surface area (Å²) in [6.07, 6.45) is 0. The van der Waals surface area contributed by atoms with Gasteiger partial charge in [-0.3, -0.25) is 4.79 Å². The van der Waals surface area contributed by atoms with E-state index in [0.717, 1.165) is 21.1 Å². The van der Waals surface area contributed by atoms with Gasteiger partial charge < -0.3 is 5.32 Å². The highest BCUT2D eigenvalue weighted by Crippen LogP contribution is 2.16. The summed E-state index contributed by atoms with van der Waals surface area (Å²) in [6, 6.07) is 15.4. The molecule has 3 rings (SSSR count). The van der Waals surface area contributed by atoms with Gasteiger partial charge in [-0.15, -0.1) is 5.10 Å². The molecule has 112 valence electrons. The Kier molecular flexibility index (Phi) is 4.20. The van der Waals surface area contributed by atoms with Crippen molar-refractivity contribution in [2.75, 3.05) is 0 Å². The zero-order valence-electron chi connectivity index (χ0n) is 12.0. The van der Waals surface area contributed by atoms with Gasteiger partial charge in [0.1, 0.15) is 12.1 Å². The molecular formula is C16H15BrN4O. The van der Waals surface area contributed by atoms with Crippen molar-refractivity contribution in [3.8, 4) is 0 Å². The number of benzene rings is 2. The summed E-state index contributed by atoms with van der Waals surface area (Å²) in [6.45, 7) is 2.11. The van der Waals surface area contributed by atoms with Crippen LogP contribution in [0.25, 0.3) is 11.0 Å². The third kappa shape index (κ3) is 3.17. The Balaban J connectivity index is 1.68. The highest BCUT2D eigenvalue weighted by molar-refractivity contribution is 9.10. The van der Waals surface area contributed by atoms with Crippen LogP contribution in [0.15, 0.2) is 53.0 Å². The lowest BCUT2D eigenvalue weighted by atomic mass is 10.1. The van der Waals surface area contributed by atoms with Gasteiger partial charge in [-0.1, -0.05) is 45.4 Å². The first-order valence-electron chi connectivity index (χ1n) is 6.96. The molecule has 6 heteroatoms. The Morgan fingerprint density at radius 3 is 2.73 bits per heavy atom. The average Bonchev–Trinajstić information content (AvgIpc) is 2.91. The maximum absolute atomic E-state index is 12.2. The molecule has 1 aromatic heterocycles. The number of para-hydroxylation sites is 1. The fourth-order valence-electron chi connectivity index (χ4n) is 2.29. The van der Waals surface area contributed by atoms with E-state index in [2.05, 4.69) is 31.6 Å². The Morgan fingerprint density at radius 1 is 1.23 bits per heavy atom. The van der Waals surface area contributed by atoms with E-state index in [-0.39, 0.29) is 18.5 Å². The molecule has 0 fully saturated rings. The summed E-state index contributed by atoms with van der Waals surface area (Å²) in [7, 11) is 0. The van der Waals surface area contributed by atoms with E-state index in [0.29, 0.717) is 0 Å². The van der Waals surface area contributed by atoms with Crippen LogP contribution >= 0.6 is 15.9 Å². The van der Waals surface area contributed by atoms with Crippen LogP contribution in [-0.2, 0) is 11.3 Å². The molecule has 1 heterocycles. The Hall–Kier alpha value is -2.21. The number of amides is 1. The molecule has 0 unspecified atom stereocenters. The minimum Gasteiger partial charge on any atom is -0.348 e. The van der Waals surface area contributed by atoms with Crippen LogP contribution in [0.4, 0.5) is 0 Å². The zero-order valence-corrected chi connectivity index (χ0v) is 13.6. The minimum absolute atomic E-state index is 0.0598. The number of halogens is 1. The highest BCUT2D eigenvalue weighted by atomic mass is 79.9. The van der Waals surface area contributed by atoms with Crippen molar-refractivity contribution >= 4 is 32.9 Å². The minimum atomic E-state index is -0.0916. The number of fused-ring (bicyclic) bond motifs is 1. The van der Waals surface area contributed by atoms with E-state index in [4.69, 9.17) is 0 Å². The van der Waals surface area contributed by atoms with E-state index < -0.39 is 0 Å². The summed E-state index contributed by atoms with van der Waals surface area (Å²) in [5.74, 6) is -0.0916. The molecule has 0 aliphatic heterocycles. The predicted octanol–water partition coefficient (Wildman–Crippen LogP) is 3.07. The zero-order chi connectivity index (χ0) is 15.5. The molecular weight excluding hydrogens is 344 g/mol. The second-order valence-corrected chi connectivity index (χ2v) is 5.99. The van der Waals surface area contributed by atoms with Crippen LogP contribution in [0.5, 0.6) is 0 Å². The molecule has 3 aromatic rings. The highest BCUT2D eigenvalue weighted by Gasteiger charge is 2.12. The maximum Gasteiger partial charge on any atom is 0.242 e. The third-order valence-corrected chi connectivity index (χ3v) is 3.99. The van der Waals surface area contributed by atoms with Gasteiger partial charge in [-0.25, -0.2) is 4.68 Å². The van der Waals surface area contributed by atoms with Gasteiger partial charge in [0.2, 0.25) is 5.91 Å². The van der Waals surface area contributed by atoms with Crippen molar-refractivity contribution in [3.63, 3.8) is 0 Å². The summed E-state index contributed by atoms with van der Waals surface area (Å²) in [5.41, 5.74) is 2.70. The van der Waals surface area contributed by atoms with Crippen LogP contribution < -0.4 is 5.32 Å². The summed E-state index contributed by atoms with van der Waals surface area (Å²) >= 11 is 3.40. The van der Waals surface area contributed by atoms with Crippen LogP contribution in [0.1, 0.15) is 18.5 Å². The van der Waals surface area contributed by atoms with Crippen LogP contribution in [-0.4, -0.2) is 20.9 Å². The van der Waals surface area contributed by atoms with Crippen molar-refractivity contribution in [3.05, 3.63) is 58.6 Å². The Labute approximate surface area is 136 Å². The maximum atomic E-state index is 12.2. The van der Waals surface area contributed by atoms with Crippen molar-refractivity contribution < 1.29 is 4.79 Å². The fraction of sp³-hybridized carbons (Fsp3) is 0.188. The Bertz CT molecular complexity index is 797. The normalized spacial score (nSPS) is 12.3. The predicted molar refractivity (Wildman–Crippen MR) is 88.2 cm³/mol. The fourth-order valence-corrected chi connectivity index (χ4v) is 2.56. The standard InChI is InChI=1S/C16H15BrN4O/c1-11(12-6-8-13(17)9-7-12)18-16(22)10-21-15-5-3-2-4-14(15)19-20-21/h2-9,11H,10H2,1H3,(H,18,22)/t11-/m1/s1. The van der Waals surface area contributed by atoms with Gasteiger partial charge >= 0.3 is 0 Å². The van der Waals surface area contributed by atoms with Crippen molar-refractivity contribution in [2.24, 2.45) is 0 Å². The monoisotopic (exact) mass is 358 g/mol. The average molecular weight is 359 g/mol. The summed E-state index contributed by atoms with van der Waals surface area (Å²) < 4.78 is 2.63. The van der Waals surface area contributed by atoms with E-state index in [1.807, 2.05) is 55.5 Å². The first-order valence-corrected chi connectivity index (χ1v) is 7.76. The number of hydrogen-bond acceptors (Lipinski definition) is 3. The SMILES string of the molecule is C[C@@H](NC(=O)Cn1nnc2ccccc21)c1ccc(Br)cc1. The molecule has 0 radical (unpaired) electrons. The van der Waals surface area contributed by atoms with Gasteiger partial charge in [0.25, 0.3) is 0 Å². The molecule has 0 aliphatic rings. The molecule has 22 heavy (non-hydrogen) atoms. The van der Waals surface area contributed by atoms with E-state index >= 15 is 0 Å². The number of hydrogen-bond donors (Lipinski definition) is 1. The van der Waals surface area contributed by atoms with Crippen LogP contribution in [0, 0.1) is 0 Å². The number of aromatic nitrogens is 3. The first-order chi connectivity index (χ1) is 10.6. The number of carbonyl (C=O) groups is 1.